The third-order valence-electron chi connectivity index (χ3n) is 3.82. The molecule has 0 aromatic heterocycles. The van der Waals surface area contributed by atoms with Crippen LogP contribution in [0.15, 0.2) is 24.3 Å². The molecule has 0 aliphatic heterocycles. The van der Waals surface area contributed by atoms with E-state index >= 15 is 0 Å². The Morgan fingerprint density at radius 2 is 1.85 bits per heavy atom. The van der Waals surface area contributed by atoms with E-state index in [4.69, 9.17) is 9.47 Å². The van der Waals surface area contributed by atoms with Gasteiger partial charge in [0.05, 0.1) is 7.11 Å². The molecule has 2 atom stereocenters. The molecular formula is C16H28N2O2. The van der Waals surface area contributed by atoms with Crippen molar-refractivity contribution in [2.45, 2.75) is 25.4 Å². The summed E-state index contributed by atoms with van der Waals surface area (Å²) < 4.78 is 10.3. The van der Waals surface area contributed by atoms with Crippen LogP contribution in [0.3, 0.4) is 0 Å². The lowest BCUT2D eigenvalue weighted by Gasteiger charge is -2.32. The van der Waals surface area contributed by atoms with Crippen LogP contribution in [-0.4, -0.2) is 52.4 Å². The van der Waals surface area contributed by atoms with Gasteiger partial charge in [-0.1, -0.05) is 12.1 Å². The van der Waals surface area contributed by atoms with Gasteiger partial charge in [0.25, 0.3) is 0 Å². The van der Waals surface area contributed by atoms with Crippen molar-refractivity contribution in [1.29, 1.82) is 0 Å². The van der Waals surface area contributed by atoms with Crippen molar-refractivity contribution in [3.8, 4) is 5.75 Å². The van der Waals surface area contributed by atoms with E-state index in [-0.39, 0.29) is 0 Å². The molecule has 0 saturated carbocycles. The van der Waals surface area contributed by atoms with Crippen molar-refractivity contribution < 1.29 is 9.47 Å². The van der Waals surface area contributed by atoms with E-state index in [2.05, 4.69) is 36.3 Å². The van der Waals surface area contributed by atoms with Crippen LogP contribution >= 0.6 is 0 Å². The number of ether oxygens (including phenoxy) is 2. The van der Waals surface area contributed by atoms with Crippen LogP contribution in [0.2, 0.25) is 0 Å². The van der Waals surface area contributed by atoms with E-state index in [0.29, 0.717) is 12.1 Å². The summed E-state index contributed by atoms with van der Waals surface area (Å²) in [5, 5.41) is 3.41. The SMILES string of the molecule is CNC(c1ccc(OC)cc1)C(C)N(C)CCCOC. The molecule has 0 fully saturated rings. The second-order valence-electron chi connectivity index (χ2n) is 5.11. The Morgan fingerprint density at radius 3 is 2.35 bits per heavy atom. The van der Waals surface area contributed by atoms with E-state index in [9.17, 15) is 0 Å². The van der Waals surface area contributed by atoms with Gasteiger partial charge < -0.3 is 19.7 Å². The van der Waals surface area contributed by atoms with Crippen LogP contribution < -0.4 is 10.1 Å². The third-order valence-corrected chi connectivity index (χ3v) is 3.82. The first kappa shape index (κ1) is 17.0. The van der Waals surface area contributed by atoms with Crippen LogP contribution in [0.5, 0.6) is 5.75 Å². The maximum atomic E-state index is 5.21. The highest BCUT2D eigenvalue weighted by Crippen LogP contribution is 2.22. The molecule has 1 aromatic rings. The van der Waals surface area contributed by atoms with Crippen LogP contribution in [-0.2, 0) is 4.74 Å². The summed E-state index contributed by atoms with van der Waals surface area (Å²) in [6, 6.07) is 8.98. The van der Waals surface area contributed by atoms with E-state index in [1.165, 1.54) is 5.56 Å². The molecule has 4 heteroatoms. The lowest BCUT2D eigenvalue weighted by atomic mass is 9.99. The molecule has 1 rings (SSSR count). The fourth-order valence-corrected chi connectivity index (χ4v) is 2.41. The number of likely N-dealkylation sites (N-methyl/N-ethyl adjacent to an activating group) is 2. The molecule has 1 aromatic carbocycles. The number of nitrogens with zero attached hydrogens (tertiary/aromatic N) is 1. The summed E-state index contributed by atoms with van der Waals surface area (Å²) in [5.41, 5.74) is 1.28. The van der Waals surface area contributed by atoms with Gasteiger partial charge in [0.15, 0.2) is 0 Å². The van der Waals surface area contributed by atoms with Gasteiger partial charge in [-0.2, -0.15) is 0 Å². The molecule has 20 heavy (non-hydrogen) atoms. The molecule has 0 aliphatic rings. The summed E-state index contributed by atoms with van der Waals surface area (Å²) in [7, 11) is 7.61. The van der Waals surface area contributed by atoms with Crippen molar-refractivity contribution in [3.05, 3.63) is 29.8 Å². The predicted octanol–water partition coefficient (Wildman–Crippen LogP) is 2.31. The molecule has 0 aliphatic carbocycles. The zero-order valence-corrected chi connectivity index (χ0v) is 13.3. The highest BCUT2D eigenvalue weighted by Gasteiger charge is 2.21. The Morgan fingerprint density at radius 1 is 1.20 bits per heavy atom. The molecule has 0 bridgehead atoms. The van der Waals surface area contributed by atoms with Gasteiger partial charge in [-0.05, 0) is 45.1 Å². The third kappa shape index (κ3) is 4.78. The molecule has 0 spiro atoms. The zero-order chi connectivity index (χ0) is 15.0. The van der Waals surface area contributed by atoms with Crippen molar-refractivity contribution >= 4 is 0 Å². The zero-order valence-electron chi connectivity index (χ0n) is 13.3. The van der Waals surface area contributed by atoms with Crippen LogP contribution in [0.25, 0.3) is 0 Å². The number of methoxy groups -OCH3 is 2. The van der Waals surface area contributed by atoms with Crippen molar-refractivity contribution in [2.24, 2.45) is 0 Å². The smallest absolute Gasteiger partial charge is 0.118 e. The first-order valence-electron chi connectivity index (χ1n) is 7.14. The largest absolute Gasteiger partial charge is 0.497 e. The summed E-state index contributed by atoms with van der Waals surface area (Å²) in [4.78, 5) is 2.37. The van der Waals surface area contributed by atoms with E-state index in [0.717, 1.165) is 25.3 Å². The first-order chi connectivity index (χ1) is 9.63. The molecule has 114 valence electrons. The fourth-order valence-electron chi connectivity index (χ4n) is 2.41. The van der Waals surface area contributed by atoms with Gasteiger partial charge in [0.1, 0.15) is 5.75 Å². The van der Waals surface area contributed by atoms with Crippen molar-refractivity contribution in [2.75, 3.05) is 41.5 Å². The second kappa shape index (κ2) is 8.95. The van der Waals surface area contributed by atoms with Gasteiger partial charge in [-0.15, -0.1) is 0 Å². The predicted molar refractivity (Wildman–Crippen MR) is 83.4 cm³/mol. The standard InChI is InChI=1S/C16H28N2O2/c1-13(18(3)11-6-12-19-4)16(17-2)14-7-9-15(20-5)10-8-14/h7-10,13,16-17H,6,11-12H2,1-5H3. The Bertz CT molecular complexity index is 367. The average Bonchev–Trinajstić information content (AvgIpc) is 2.48. The Hall–Kier alpha value is -1.10. The van der Waals surface area contributed by atoms with Crippen LogP contribution in [0, 0.1) is 0 Å². The topological polar surface area (TPSA) is 33.7 Å². The minimum absolute atomic E-state index is 0.299. The Balaban J connectivity index is 2.67. The monoisotopic (exact) mass is 280 g/mol. The van der Waals surface area contributed by atoms with E-state index < -0.39 is 0 Å². The van der Waals surface area contributed by atoms with Crippen LogP contribution in [0.4, 0.5) is 0 Å². The van der Waals surface area contributed by atoms with Crippen molar-refractivity contribution in [1.82, 2.24) is 10.2 Å². The fraction of sp³-hybridized carbons (Fsp3) is 0.625. The maximum Gasteiger partial charge on any atom is 0.118 e. The highest BCUT2D eigenvalue weighted by atomic mass is 16.5. The van der Waals surface area contributed by atoms with E-state index in [1.807, 2.05) is 19.2 Å². The van der Waals surface area contributed by atoms with E-state index in [1.54, 1.807) is 14.2 Å². The molecule has 0 saturated heterocycles. The number of nitrogens with one attached hydrogen (secondary N) is 1. The summed E-state index contributed by atoms with van der Waals surface area (Å²) in [6.45, 7) is 4.09. The van der Waals surface area contributed by atoms with Gasteiger partial charge in [-0.3, -0.25) is 0 Å². The summed E-state index contributed by atoms with van der Waals surface area (Å²) >= 11 is 0. The Labute approximate surface area is 123 Å². The number of hydrogen-bond acceptors (Lipinski definition) is 4. The van der Waals surface area contributed by atoms with Gasteiger partial charge in [0, 0.05) is 32.3 Å². The number of rotatable bonds is 9. The minimum Gasteiger partial charge on any atom is -0.497 e. The first-order valence-corrected chi connectivity index (χ1v) is 7.14. The molecule has 0 amide bonds. The van der Waals surface area contributed by atoms with Gasteiger partial charge in [-0.25, -0.2) is 0 Å². The summed E-state index contributed by atoms with van der Waals surface area (Å²) in [5.74, 6) is 0.893. The quantitative estimate of drug-likeness (QED) is 0.704. The molecule has 0 radical (unpaired) electrons. The van der Waals surface area contributed by atoms with Crippen LogP contribution in [0.1, 0.15) is 24.9 Å². The normalized spacial score (nSPS) is 14.3. The highest BCUT2D eigenvalue weighted by molar-refractivity contribution is 5.29. The second-order valence-corrected chi connectivity index (χ2v) is 5.11. The number of hydrogen-bond donors (Lipinski definition) is 1. The summed E-state index contributed by atoms with van der Waals surface area (Å²) in [6.07, 6.45) is 1.05. The molecular weight excluding hydrogens is 252 g/mol. The van der Waals surface area contributed by atoms with Crippen molar-refractivity contribution in [3.63, 3.8) is 0 Å². The Kier molecular flexibility index (Phi) is 7.59. The lowest BCUT2D eigenvalue weighted by Crippen LogP contribution is -2.40. The molecule has 0 heterocycles. The van der Waals surface area contributed by atoms with Gasteiger partial charge >= 0.3 is 0 Å². The lowest BCUT2D eigenvalue weighted by molar-refractivity contribution is 0.157. The molecule has 1 N–H and O–H groups in total. The number of benzene rings is 1. The average molecular weight is 280 g/mol. The molecule has 2 unspecified atom stereocenters. The van der Waals surface area contributed by atoms with Gasteiger partial charge in [0.2, 0.25) is 0 Å². The minimum atomic E-state index is 0.299. The molecule has 4 nitrogen and oxygen atoms in total. The maximum absolute atomic E-state index is 5.21.